The van der Waals surface area contributed by atoms with Crippen LogP contribution >= 0.6 is 0 Å². The van der Waals surface area contributed by atoms with Crippen molar-refractivity contribution in [2.24, 2.45) is 17.8 Å². The zero-order valence-corrected chi connectivity index (χ0v) is 35.1. The fourth-order valence-corrected chi connectivity index (χ4v) is 14.0. The second-order valence-electron chi connectivity index (χ2n) is 17.1. The van der Waals surface area contributed by atoms with Crippen LogP contribution in [0.5, 0.6) is 5.75 Å². The second-order valence-corrected chi connectivity index (χ2v) is 21.4. The summed E-state index contributed by atoms with van der Waals surface area (Å²) in [7, 11) is -4.62. The van der Waals surface area contributed by atoms with Gasteiger partial charge in [-0.25, -0.2) is 4.90 Å². The summed E-state index contributed by atoms with van der Waals surface area (Å²) in [6.07, 6.45) is -8.91. The quantitative estimate of drug-likeness (QED) is 0.0715. The fourth-order valence-electron chi connectivity index (χ4n) is 9.48. The van der Waals surface area contributed by atoms with Crippen LogP contribution in [-0.2, 0) is 31.0 Å². The molecule has 61 heavy (non-hydrogen) atoms. The van der Waals surface area contributed by atoms with Crippen LogP contribution in [0, 0.1) is 17.8 Å². The second kappa shape index (κ2) is 16.7. The minimum atomic E-state index is -5.21. The summed E-state index contributed by atoms with van der Waals surface area (Å²) in [5.41, 5.74) is -1.42. The lowest BCUT2D eigenvalue weighted by Crippen LogP contribution is -2.66. The van der Waals surface area contributed by atoms with Crippen molar-refractivity contribution in [1.29, 1.82) is 0 Å². The molecule has 0 aromatic heterocycles. The Kier molecular flexibility index (Phi) is 12.1. The molecular weight excluding hydrogens is 815 g/mol. The number of alkyl halides is 6. The third-order valence-electron chi connectivity index (χ3n) is 12.2. The van der Waals surface area contributed by atoms with Gasteiger partial charge in [0.2, 0.25) is 11.8 Å². The molecule has 4 aromatic rings. The average molecular weight is 862 g/mol. The number of nitrogens with zero attached hydrogens (tertiary/aromatic N) is 1. The number of fused-ring (bicyclic) bond motifs is 3. The third-order valence-corrected chi connectivity index (χ3v) is 17.1. The first kappa shape index (κ1) is 44.1. The van der Waals surface area contributed by atoms with Crippen LogP contribution in [0.15, 0.2) is 120 Å². The Bertz CT molecular complexity index is 2270. The van der Waals surface area contributed by atoms with Gasteiger partial charge in [0.15, 0.2) is 0 Å². The van der Waals surface area contributed by atoms with Crippen LogP contribution in [0.2, 0.25) is 11.4 Å². The lowest BCUT2D eigenvalue weighted by atomic mass is 9.58. The maximum atomic E-state index is 14.5. The standard InChI is InChI=1S/C46H46BF6NO6Si/c1-28(21-29-13-11-12-18-38(29)55)19-20-39-40-30(27-59-61(44(2,3)4,34-14-7-5-8-15-34)35-16-9-6-10-17-35)22-36-41(37(40)26-47(58)60-39)43(57)54(42(36)56)33-24-31(45(48,49)50)23-32(25-33)46(51,52)53/h5-18,21,23-25,36-37,39,41,55,58H,19-20,22,26-27H2,1-4H3/b28-21+/t36-,37+,39-,41-/m1/s1. The number of hydrogen-bond donors (Lipinski definition) is 2. The first-order chi connectivity index (χ1) is 28.7. The lowest BCUT2D eigenvalue weighted by molar-refractivity contribution is -0.143. The largest absolute Gasteiger partial charge is 0.507 e. The van der Waals surface area contributed by atoms with Crippen LogP contribution in [0.1, 0.15) is 63.6 Å². The first-order valence-electron chi connectivity index (χ1n) is 20.1. The van der Waals surface area contributed by atoms with Crippen LogP contribution in [0.25, 0.3) is 6.08 Å². The molecule has 3 aliphatic rings. The highest BCUT2D eigenvalue weighted by Crippen LogP contribution is 2.52. The molecule has 2 N–H and O–H groups in total. The van der Waals surface area contributed by atoms with Crippen molar-refractivity contribution in [2.75, 3.05) is 11.5 Å². The molecule has 0 radical (unpaired) electrons. The van der Waals surface area contributed by atoms with Gasteiger partial charge < -0.3 is 19.2 Å². The number of carbonyl (C=O) groups excluding carboxylic acids is 2. The monoisotopic (exact) mass is 861 g/mol. The molecule has 2 heterocycles. The van der Waals surface area contributed by atoms with Crippen LogP contribution in [0.4, 0.5) is 32.0 Å². The number of phenolic OH excluding ortho intramolecular Hbond substituents is 1. The van der Waals surface area contributed by atoms with Crippen LogP contribution < -0.4 is 15.3 Å². The van der Waals surface area contributed by atoms with E-state index in [0.29, 0.717) is 46.6 Å². The number of aromatic hydroxyl groups is 1. The molecule has 2 amide bonds. The summed E-state index contributed by atoms with van der Waals surface area (Å²) in [6.45, 7) is 8.14. The Balaban J connectivity index is 1.34. The molecule has 1 aliphatic carbocycles. The number of benzene rings is 4. The molecule has 15 heteroatoms. The molecule has 4 aromatic carbocycles. The molecule has 2 saturated heterocycles. The Labute approximate surface area is 352 Å². The van der Waals surface area contributed by atoms with Gasteiger partial charge in [0.1, 0.15) is 5.75 Å². The zero-order chi connectivity index (χ0) is 44.1. The molecule has 320 valence electrons. The Morgan fingerprint density at radius 2 is 1.39 bits per heavy atom. The number of phenols is 1. The topological polar surface area (TPSA) is 96.3 Å². The molecule has 0 bridgehead atoms. The van der Waals surface area contributed by atoms with Crippen LogP contribution in [-0.4, -0.2) is 50.1 Å². The number of carbonyl (C=O) groups is 2. The molecular formula is C46H46BF6NO6Si. The van der Waals surface area contributed by atoms with Crippen molar-refractivity contribution in [2.45, 2.75) is 76.8 Å². The van der Waals surface area contributed by atoms with Crippen molar-refractivity contribution >= 4 is 49.4 Å². The number of halogens is 6. The number of hydrogen-bond acceptors (Lipinski definition) is 6. The number of para-hydroxylation sites is 1. The highest BCUT2D eigenvalue weighted by molar-refractivity contribution is 6.99. The van der Waals surface area contributed by atoms with E-state index in [2.05, 4.69) is 20.8 Å². The Hall–Kier alpha value is -4.96. The van der Waals surface area contributed by atoms with E-state index in [1.54, 1.807) is 24.3 Å². The van der Waals surface area contributed by atoms with E-state index < -0.39 is 85.3 Å². The van der Waals surface area contributed by atoms with E-state index >= 15 is 0 Å². The summed E-state index contributed by atoms with van der Waals surface area (Å²) in [6, 6.07) is 27.2. The lowest BCUT2D eigenvalue weighted by Gasteiger charge is -2.46. The van der Waals surface area contributed by atoms with Crippen molar-refractivity contribution in [3.8, 4) is 5.75 Å². The van der Waals surface area contributed by atoms with E-state index in [1.807, 2.05) is 73.7 Å². The van der Waals surface area contributed by atoms with Crippen LogP contribution in [0.3, 0.4) is 0 Å². The van der Waals surface area contributed by atoms with E-state index in [9.17, 15) is 46.1 Å². The van der Waals surface area contributed by atoms with Gasteiger partial charge >= 0.3 is 19.5 Å². The summed E-state index contributed by atoms with van der Waals surface area (Å²) < 4.78 is 97.7. The Morgan fingerprint density at radius 1 is 0.836 bits per heavy atom. The highest BCUT2D eigenvalue weighted by Gasteiger charge is 2.59. The summed E-state index contributed by atoms with van der Waals surface area (Å²) in [5, 5.41) is 23.1. The summed E-state index contributed by atoms with van der Waals surface area (Å²) in [4.78, 5) is 29.4. The van der Waals surface area contributed by atoms with Gasteiger partial charge in [0, 0.05) is 5.56 Å². The number of rotatable bonds is 10. The molecule has 0 saturated carbocycles. The van der Waals surface area contributed by atoms with Gasteiger partial charge in [-0.3, -0.25) is 9.59 Å². The number of anilines is 1. The zero-order valence-electron chi connectivity index (χ0n) is 34.1. The molecule has 2 fully saturated rings. The Morgan fingerprint density at radius 3 is 1.93 bits per heavy atom. The maximum absolute atomic E-state index is 14.5. The van der Waals surface area contributed by atoms with Gasteiger partial charge in [-0.05, 0) is 89.2 Å². The first-order valence-corrected chi connectivity index (χ1v) is 22.0. The predicted octanol–water partition coefficient (Wildman–Crippen LogP) is 9.19. The molecule has 0 unspecified atom stereocenters. The van der Waals surface area contributed by atoms with E-state index in [4.69, 9.17) is 9.08 Å². The smallest absolute Gasteiger partial charge is 0.455 e. The highest BCUT2D eigenvalue weighted by atomic mass is 28.4. The SMILES string of the molecule is C/C(=C\c1ccccc1O)CC[C@H]1OB(O)C[C@H]2C1=C(CO[Si](c1ccccc1)(c1ccccc1)C(C)(C)C)C[C@H]1C(=O)N(c3cc(C(F)(F)F)cc(C(F)(F)F)c3)C(=O)[C@H]12. The number of allylic oxidation sites excluding steroid dienone is 1. The molecule has 2 aliphatic heterocycles. The van der Waals surface area contributed by atoms with Crippen molar-refractivity contribution < 1.29 is 55.1 Å². The predicted molar refractivity (Wildman–Crippen MR) is 223 cm³/mol. The van der Waals surface area contributed by atoms with Gasteiger partial charge in [-0.1, -0.05) is 111 Å². The minimum absolute atomic E-state index is 0.0335. The van der Waals surface area contributed by atoms with Gasteiger partial charge in [0.05, 0.1) is 41.4 Å². The summed E-state index contributed by atoms with van der Waals surface area (Å²) in [5.74, 6) is -5.02. The number of imide groups is 1. The minimum Gasteiger partial charge on any atom is -0.507 e. The average Bonchev–Trinajstić information content (AvgIpc) is 3.45. The third kappa shape index (κ3) is 8.62. The van der Waals surface area contributed by atoms with E-state index in [1.165, 1.54) is 0 Å². The number of amides is 2. The van der Waals surface area contributed by atoms with Gasteiger partial charge in [-0.15, -0.1) is 0 Å². The van der Waals surface area contributed by atoms with Crippen molar-refractivity contribution in [1.82, 2.24) is 0 Å². The van der Waals surface area contributed by atoms with Crippen molar-refractivity contribution in [3.05, 3.63) is 137 Å². The summed E-state index contributed by atoms with van der Waals surface area (Å²) >= 11 is 0. The van der Waals surface area contributed by atoms with E-state index in [0.717, 1.165) is 15.9 Å². The molecule has 7 nitrogen and oxygen atoms in total. The molecule has 0 spiro atoms. The van der Waals surface area contributed by atoms with Crippen molar-refractivity contribution in [3.63, 3.8) is 0 Å². The van der Waals surface area contributed by atoms with Gasteiger partial charge in [0.25, 0.3) is 8.32 Å². The van der Waals surface area contributed by atoms with E-state index in [-0.39, 0.29) is 31.2 Å². The molecule has 4 atom stereocenters. The fraction of sp³-hybridized carbons (Fsp3) is 0.348. The van der Waals surface area contributed by atoms with Gasteiger partial charge in [-0.2, -0.15) is 26.3 Å². The maximum Gasteiger partial charge on any atom is 0.455 e. The molecule has 7 rings (SSSR count). The normalized spacial score (nSPS) is 21.5.